The molecule has 0 unspecified atom stereocenters. The van der Waals surface area contributed by atoms with Gasteiger partial charge in [-0.1, -0.05) is 38.1 Å². The minimum absolute atomic E-state index is 0.0413. The molecule has 0 radical (unpaired) electrons. The molecule has 6 nitrogen and oxygen atoms in total. The maximum absolute atomic E-state index is 12.0. The second-order valence-electron chi connectivity index (χ2n) is 8.03. The summed E-state index contributed by atoms with van der Waals surface area (Å²) in [7, 11) is 0. The van der Waals surface area contributed by atoms with E-state index in [0.29, 0.717) is 5.92 Å². The maximum atomic E-state index is 12.0. The average Bonchev–Trinajstić information content (AvgIpc) is 3.25. The zero-order valence-corrected chi connectivity index (χ0v) is 18.7. The van der Waals surface area contributed by atoms with Gasteiger partial charge in [-0.2, -0.15) is 5.10 Å². The van der Waals surface area contributed by atoms with Gasteiger partial charge in [-0.05, 0) is 43.9 Å². The predicted octanol–water partition coefficient (Wildman–Crippen LogP) is 3.96. The Hall–Kier alpha value is -2.54. The number of hydrogen-bond acceptors (Lipinski definition) is 4. The lowest BCUT2D eigenvalue weighted by atomic mass is 9.96. The number of rotatable bonds is 8. The second-order valence-corrected chi connectivity index (χ2v) is 9.02. The van der Waals surface area contributed by atoms with Gasteiger partial charge in [0.05, 0.1) is 22.9 Å². The number of aliphatic carboxylic acids is 1. The summed E-state index contributed by atoms with van der Waals surface area (Å²) in [6, 6.07) is 8.49. The minimum Gasteiger partial charge on any atom is -0.481 e. The Kier molecular flexibility index (Phi) is 7.02. The maximum Gasteiger partial charge on any atom is 0.313 e. The van der Waals surface area contributed by atoms with Crippen molar-refractivity contribution in [1.82, 2.24) is 15.1 Å². The first-order valence-electron chi connectivity index (χ1n) is 10.2. The Morgan fingerprint density at radius 1 is 1.20 bits per heavy atom. The molecule has 0 aliphatic heterocycles. The molecule has 0 bridgehead atoms. The lowest BCUT2D eigenvalue weighted by Gasteiger charge is -2.15. The van der Waals surface area contributed by atoms with Crippen LogP contribution in [0.4, 0.5) is 0 Å². The standard InChI is InChI=1S/C23H29N3O3S/c1-14(2)17-6-9-20(10-7-17)26-16(4)23(15(3)25-26)18-5-8-19(11-18)24-21(27)12-30-13-22(28)29/h5-10,14,18-19H,11-13H2,1-4H3,(H,24,27)(H,28,29)/t18-,19+/m0/s1. The van der Waals surface area contributed by atoms with Gasteiger partial charge in [0.15, 0.2) is 0 Å². The summed E-state index contributed by atoms with van der Waals surface area (Å²) in [6.45, 7) is 8.49. The lowest BCUT2D eigenvalue weighted by molar-refractivity contribution is -0.133. The highest BCUT2D eigenvalue weighted by Crippen LogP contribution is 2.34. The number of aromatic nitrogens is 2. The molecule has 1 aliphatic rings. The molecule has 30 heavy (non-hydrogen) atoms. The molecule has 1 amide bonds. The molecule has 2 aromatic rings. The number of benzene rings is 1. The number of carboxylic acids is 1. The predicted molar refractivity (Wildman–Crippen MR) is 121 cm³/mol. The fourth-order valence-electron chi connectivity index (χ4n) is 3.94. The zero-order chi connectivity index (χ0) is 21.8. The van der Waals surface area contributed by atoms with Crippen LogP contribution in [0.15, 0.2) is 36.4 Å². The third-order valence-electron chi connectivity index (χ3n) is 5.41. The van der Waals surface area contributed by atoms with Crippen molar-refractivity contribution in [3.8, 4) is 5.69 Å². The molecule has 3 rings (SSSR count). The van der Waals surface area contributed by atoms with Gasteiger partial charge in [-0.3, -0.25) is 9.59 Å². The molecule has 0 spiro atoms. The van der Waals surface area contributed by atoms with Gasteiger partial charge in [0, 0.05) is 23.2 Å². The van der Waals surface area contributed by atoms with Crippen molar-refractivity contribution in [2.75, 3.05) is 11.5 Å². The Morgan fingerprint density at radius 2 is 1.90 bits per heavy atom. The molecule has 1 aromatic heterocycles. The van der Waals surface area contributed by atoms with Crippen LogP contribution in [0.2, 0.25) is 0 Å². The first-order valence-corrected chi connectivity index (χ1v) is 11.4. The van der Waals surface area contributed by atoms with Crippen LogP contribution >= 0.6 is 11.8 Å². The summed E-state index contributed by atoms with van der Waals surface area (Å²) in [6.07, 6.45) is 4.95. The fraction of sp³-hybridized carbons (Fsp3) is 0.435. The van der Waals surface area contributed by atoms with E-state index in [2.05, 4.69) is 56.4 Å². The van der Waals surface area contributed by atoms with E-state index >= 15 is 0 Å². The SMILES string of the molecule is Cc1nn(-c2ccc(C(C)C)cc2)c(C)c1[C@H]1C=C[C@@H](NC(=O)CSCC(=O)O)C1. The third kappa shape index (κ3) is 5.14. The number of amides is 1. The van der Waals surface area contributed by atoms with Crippen molar-refractivity contribution >= 4 is 23.6 Å². The first kappa shape index (κ1) is 22.2. The van der Waals surface area contributed by atoms with Crippen LogP contribution < -0.4 is 5.32 Å². The van der Waals surface area contributed by atoms with E-state index in [1.807, 2.05) is 17.7 Å². The van der Waals surface area contributed by atoms with Crippen molar-refractivity contribution < 1.29 is 14.7 Å². The molecule has 2 atom stereocenters. The summed E-state index contributed by atoms with van der Waals surface area (Å²) in [5, 5.41) is 16.4. The van der Waals surface area contributed by atoms with Crippen LogP contribution in [0.3, 0.4) is 0 Å². The van der Waals surface area contributed by atoms with Crippen molar-refractivity contribution in [3.63, 3.8) is 0 Å². The number of aryl methyl sites for hydroxylation is 1. The van der Waals surface area contributed by atoms with Gasteiger partial charge < -0.3 is 10.4 Å². The van der Waals surface area contributed by atoms with Gasteiger partial charge >= 0.3 is 5.97 Å². The number of allylic oxidation sites excluding steroid dienone is 1. The van der Waals surface area contributed by atoms with E-state index in [4.69, 9.17) is 10.2 Å². The largest absolute Gasteiger partial charge is 0.481 e. The Bertz CT molecular complexity index is 947. The van der Waals surface area contributed by atoms with E-state index < -0.39 is 5.97 Å². The molecule has 0 fully saturated rings. The van der Waals surface area contributed by atoms with E-state index in [0.717, 1.165) is 35.3 Å². The lowest BCUT2D eigenvalue weighted by Crippen LogP contribution is -2.34. The van der Waals surface area contributed by atoms with E-state index in [-0.39, 0.29) is 29.4 Å². The number of nitrogens with one attached hydrogen (secondary N) is 1. The molecule has 0 saturated carbocycles. The molecule has 1 heterocycles. The molecule has 0 saturated heterocycles. The van der Waals surface area contributed by atoms with Crippen molar-refractivity contribution in [2.45, 2.75) is 52.0 Å². The van der Waals surface area contributed by atoms with Crippen molar-refractivity contribution in [2.24, 2.45) is 0 Å². The molecular weight excluding hydrogens is 398 g/mol. The quantitative estimate of drug-likeness (QED) is 0.623. The van der Waals surface area contributed by atoms with Gasteiger partial charge in [-0.25, -0.2) is 4.68 Å². The van der Waals surface area contributed by atoms with Gasteiger partial charge in [0.2, 0.25) is 5.91 Å². The highest BCUT2D eigenvalue weighted by atomic mass is 32.2. The van der Waals surface area contributed by atoms with Gasteiger partial charge in [0.1, 0.15) is 0 Å². The summed E-state index contributed by atoms with van der Waals surface area (Å²) in [5.41, 5.74) is 5.67. The smallest absolute Gasteiger partial charge is 0.313 e. The van der Waals surface area contributed by atoms with Gasteiger partial charge in [0.25, 0.3) is 0 Å². The Labute approximate surface area is 181 Å². The van der Waals surface area contributed by atoms with E-state index in [9.17, 15) is 9.59 Å². The fourth-order valence-corrected chi connectivity index (χ4v) is 4.49. The topological polar surface area (TPSA) is 84.2 Å². The monoisotopic (exact) mass is 427 g/mol. The van der Waals surface area contributed by atoms with Crippen LogP contribution in [0.1, 0.15) is 54.6 Å². The third-order valence-corrected chi connectivity index (χ3v) is 6.33. The first-order chi connectivity index (χ1) is 14.3. The van der Waals surface area contributed by atoms with Crippen LogP contribution in [0.5, 0.6) is 0 Å². The van der Waals surface area contributed by atoms with Crippen LogP contribution in [-0.4, -0.2) is 44.3 Å². The number of hydrogen-bond donors (Lipinski definition) is 2. The summed E-state index contributed by atoms with van der Waals surface area (Å²) < 4.78 is 2.00. The minimum atomic E-state index is -0.907. The molecule has 1 aromatic carbocycles. The van der Waals surface area contributed by atoms with E-state index in [1.165, 1.54) is 11.1 Å². The molecule has 7 heteroatoms. The molecule has 160 valence electrons. The number of nitrogens with zero attached hydrogens (tertiary/aromatic N) is 2. The normalized spacial score (nSPS) is 18.2. The summed E-state index contributed by atoms with van der Waals surface area (Å²) in [5.74, 6) is -0.254. The molecular formula is C23H29N3O3S. The number of thioether (sulfide) groups is 1. The average molecular weight is 428 g/mol. The Balaban J connectivity index is 1.67. The number of carboxylic acid groups (broad SMARTS) is 1. The van der Waals surface area contributed by atoms with Crippen LogP contribution in [0.25, 0.3) is 5.69 Å². The number of carbonyl (C=O) groups excluding carboxylic acids is 1. The van der Waals surface area contributed by atoms with Gasteiger partial charge in [-0.15, -0.1) is 11.8 Å². The van der Waals surface area contributed by atoms with E-state index in [1.54, 1.807) is 0 Å². The number of carbonyl (C=O) groups is 2. The van der Waals surface area contributed by atoms with Crippen LogP contribution in [-0.2, 0) is 9.59 Å². The van der Waals surface area contributed by atoms with Crippen molar-refractivity contribution in [3.05, 3.63) is 58.9 Å². The van der Waals surface area contributed by atoms with Crippen molar-refractivity contribution in [1.29, 1.82) is 0 Å². The summed E-state index contributed by atoms with van der Waals surface area (Å²) >= 11 is 1.11. The highest BCUT2D eigenvalue weighted by Gasteiger charge is 2.27. The Morgan fingerprint density at radius 3 is 2.53 bits per heavy atom. The summed E-state index contributed by atoms with van der Waals surface area (Å²) in [4.78, 5) is 22.6. The van der Waals surface area contributed by atoms with Crippen LogP contribution in [0, 0.1) is 13.8 Å². The zero-order valence-electron chi connectivity index (χ0n) is 17.9. The highest BCUT2D eigenvalue weighted by molar-refractivity contribution is 8.00. The molecule has 2 N–H and O–H groups in total. The second kappa shape index (κ2) is 9.51. The molecule has 1 aliphatic carbocycles.